The molecule has 1 rings (SSSR count). The van der Waals surface area contributed by atoms with Gasteiger partial charge in [-0.05, 0) is 40.5 Å². The predicted octanol–water partition coefficient (Wildman–Crippen LogP) is 2.79. The second-order valence-corrected chi connectivity index (χ2v) is 4.55. The first-order valence-electron chi connectivity index (χ1n) is 5.78. The fraction of sp³-hybridized carbons (Fsp3) is 0.462. The molecule has 0 aromatic heterocycles. The molecule has 4 nitrogen and oxygen atoms in total. The molecule has 1 aromatic rings. The van der Waals surface area contributed by atoms with Crippen molar-refractivity contribution in [1.29, 1.82) is 5.26 Å². The highest BCUT2D eigenvalue weighted by Crippen LogP contribution is 2.22. The third-order valence-corrected chi connectivity index (χ3v) is 2.95. The van der Waals surface area contributed by atoms with E-state index in [4.69, 9.17) is 14.7 Å². The maximum Gasteiger partial charge on any atom is 0.0992 e. The molecule has 0 fully saturated rings. The fourth-order valence-electron chi connectivity index (χ4n) is 1.39. The van der Waals surface area contributed by atoms with E-state index in [9.17, 15) is 0 Å². The molecule has 98 valence electrons. The van der Waals surface area contributed by atoms with E-state index in [0.29, 0.717) is 18.8 Å². The number of hydrogen-bond acceptors (Lipinski definition) is 4. The lowest BCUT2D eigenvalue weighted by Crippen LogP contribution is -2.11. The average molecular weight is 313 g/mol. The Morgan fingerprint density at radius 1 is 1.33 bits per heavy atom. The van der Waals surface area contributed by atoms with E-state index in [1.165, 1.54) is 0 Å². The topological polar surface area (TPSA) is 54.3 Å². The standard InChI is InChI=1S/C13H17BrN2O2/c1-17-6-2-7-18-8-5-16-13-4-3-11(10-15)9-12(13)14/h3-4,9,16H,2,5-8H2,1H3. The van der Waals surface area contributed by atoms with Crippen LogP contribution in [0.5, 0.6) is 0 Å². The van der Waals surface area contributed by atoms with Gasteiger partial charge in [-0.25, -0.2) is 0 Å². The zero-order chi connectivity index (χ0) is 13.2. The first kappa shape index (κ1) is 15.0. The van der Waals surface area contributed by atoms with Gasteiger partial charge >= 0.3 is 0 Å². The Balaban J connectivity index is 2.21. The molecule has 0 heterocycles. The van der Waals surface area contributed by atoms with Crippen molar-refractivity contribution in [1.82, 2.24) is 0 Å². The SMILES string of the molecule is COCCCOCCNc1ccc(C#N)cc1Br. The Morgan fingerprint density at radius 2 is 2.17 bits per heavy atom. The number of rotatable bonds is 8. The van der Waals surface area contributed by atoms with Crippen LogP contribution in [-0.2, 0) is 9.47 Å². The van der Waals surface area contributed by atoms with Gasteiger partial charge in [0.15, 0.2) is 0 Å². The Labute approximate surface area is 116 Å². The lowest BCUT2D eigenvalue weighted by molar-refractivity contribution is 0.109. The average Bonchev–Trinajstić information content (AvgIpc) is 2.39. The van der Waals surface area contributed by atoms with Gasteiger partial charge in [-0.15, -0.1) is 0 Å². The highest BCUT2D eigenvalue weighted by Gasteiger charge is 2.00. The van der Waals surface area contributed by atoms with Crippen LogP contribution < -0.4 is 5.32 Å². The van der Waals surface area contributed by atoms with Crippen molar-refractivity contribution < 1.29 is 9.47 Å². The van der Waals surface area contributed by atoms with Gasteiger partial charge in [0.1, 0.15) is 0 Å². The summed E-state index contributed by atoms with van der Waals surface area (Å²) in [6.45, 7) is 2.83. The monoisotopic (exact) mass is 312 g/mol. The van der Waals surface area contributed by atoms with Gasteiger partial charge in [-0.2, -0.15) is 5.26 Å². The molecule has 5 heteroatoms. The maximum absolute atomic E-state index is 8.75. The van der Waals surface area contributed by atoms with Gasteiger partial charge in [0.25, 0.3) is 0 Å². The molecule has 1 aromatic carbocycles. The van der Waals surface area contributed by atoms with E-state index in [1.54, 1.807) is 19.2 Å². The number of nitrogens with one attached hydrogen (secondary N) is 1. The zero-order valence-corrected chi connectivity index (χ0v) is 12.0. The van der Waals surface area contributed by atoms with Gasteiger partial charge in [-0.1, -0.05) is 0 Å². The molecule has 0 atom stereocenters. The van der Waals surface area contributed by atoms with E-state index in [-0.39, 0.29) is 0 Å². The summed E-state index contributed by atoms with van der Waals surface area (Å²) in [5.74, 6) is 0. The molecule has 0 aliphatic rings. The van der Waals surface area contributed by atoms with Crippen LogP contribution in [0.15, 0.2) is 22.7 Å². The number of methoxy groups -OCH3 is 1. The molecule has 0 unspecified atom stereocenters. The van der Waals surface area contributed by atoms with Crippen molar-refractivity contribution in [3.63, 3.8) is 0 Å². The summed E-state index contributed by atoms with van der Waals surface area (Å²) >= 11 is 3.42. The van der Waals surface area contributed by atoms with Gasteiger partial charge in [-0.3, -0.25) is 0 Å². The van der Waals surface area contributed by atoms with Crippen molar-refractivity contribution in [2.45, 2.75) is 6.42 Å². The molecule has 0 spiro atoms. The van der Waals surface area contributed by atoms with Crippen molar-refractivity contribution in [3.8, 4) is 6.07 Å². The zero-order valence-electron chi connectivity index (χ0n) is 10.4. The van der Waals surface area contributed by atoms with Crippen LogP contribution >= 0.6 is 15.9 Å². The first-order valence-corrected chi connectivity index (χ1v) is 6.57. The predicted molar refractivity (Wildman–Crippen MR) is 74.7 cm³/mol. The highest BCUT2D eigenvalue weighted by molar-refractivity contribution is 9.10. The van der Waals surface area contributed by atoms with E-state index < -0.39 is 0 Å². The third kappa shape index (κ3) is 5.50. The number of anilines is 1. The second-order valence-electron chi connectivity index (χ2n) is 3.69. The minimum absolute atomic E-state index is 0.642. The molecule has 0 saturated heterocycles. The Kier molecular flexibility index (Phi) is 7.42. The Morgan fingerprint density at radius 3 is 2.83 bits per heavy atom. The molecule has 0 bridgehead atoms. The minimum Gasteiger partial charge on any atom is -0.385 e. The Bertz CT molecular complexity index is 404. The number of benzene rings is 1. The molecule has 0 radical (unpaired) electrons. The number of hydrogen-bond donors (Lipinski definition) is 1. The van der Waals surface area contributed by atoms with E-state index in [2.05, 4.69) is 27.3 Å². The van der Waals surface area contributed by atoms with E-state index in [1.807, 2.05) is 6.07 Å². The summed E-state index contributed by atoms with van der Waals surface area (Å²) in [4.78, 5) is 0. The van der Waals surface area contributed by atoms with Crippen LogP contribution in [0.2, 0.25) is 0 Å². The van der Waals surface area contributed by atoms with Gasteiger partial charge in [0, 0.05) is 37.0 Å². The summed E-state index contributed by atoms with van der Waals surface area (Å²) in [6, 6.07) is 7.56. The van der Waals surface area contributed by atoms with Crippen LogP contribution in [0, 0.1) is 11.3 Å². The van der Waals surface area contributed by atoms with Crippen LogP contribution in [-0.4, -0.2) is 33.5 Å². The molecule has 18 heavy (non-hydrogen) atoms. The number of ether oxygens (including phenoxy) is 2. The summed E-state index contributed by atoms with van der Waals surface area (Å²) in [5.41, 5.74) is 1.61. The molecule has 0 aliphatic carbocycles. The molecule has 0 saturated carbocycles. The quantitative estimate of drug-likeness (QED) is 0.750. The van der Waals surface area contributed by atoms with Gasteiger partial charge in [0.2, 0.25) is 0 Å². The summed E-state index contributed by atoms with van der Waals surface area (Å²) < 4.78 is 11.2. The van der Waals surface area contributed by atoms with Gasteiger partial charge in [0.05, 0.1) is 18.2 Å². The summed E-state index contributed by atoms with van der Waals surface area (Å²) in [6.07, 6.45) is 0.914. The smallest absolute Gasteiger partial charge is 0.0992 e. The van der Waals surface area contributed by atoms with Crippen LogP contribution in [0.3, 0.4) is 0 Å². The molecule has 1 N–H and O–H groups in total. The normalized spacial score (nSPS) is 10.1. The van der Waals surface area contributed by atoms with E-state index in [0.717, 1.165) is 29.7 Å². The largest absolute Gasteiger partial charge is 0.385 e. The lowest BCUT2D eigenvalue weighted by atomic mass is 10.2. The Hall–Kier alpha value is -1.09. The van der Waals surface area contributed by atoms with Crippen molar-refractivity contribution in [2.75, 3.05) is 38.8 Å². The molecule has 0 aliphatic heterocycles. The van der Waals surface area contributed by atoms with Crippen molar-refractivity contribution >= 4 is 21.6 Å². The second kappa shape index (κ2) is 8.92. The number of nitrogens with zero attached hydrogens (tertiary/aromatic N) is 1. The molecular weight excluding hydrogens is 296 g/mol. The van der Waals surface area contributed by atoms with Crippen molar-refractivity contribution in [3.05, 3.63) is 28.2 Å². The summed E-state index contributed by atoms with van der Waals surface area (Å²) in [7, 11) is 1.68. The first-order chi connectivity index (χ1) is 8.77. The lowest BCUT2D eigenvalue weighted by Gasteiger charge is -2.09. The maximum atomic E-state index is 8.75. The minimum atomic E-state index is 0.642. The van der Waals surface area contributed by atoms with E-state index >= 15 is 0 Å². The number of halogens is 1. The van der Waals surface area contributed by atoms with Crippen LogP contribution in [0.1, 0.15) is 12.0 Å². The molecular formula is C13H17BrN2O2. The number of nitriles is 1. The van der Waals surface area contributed by atoms with Gasteiger partial charge < -0.3 is 14.8 Å². The van der Waals surface area contributed by atoms with Crippen LogP contribution in [0.25, 0.3) is 0 Å². The summed E-state index contributed by atoms with van der Waals surface area (Å²) in [5, 5.41) is 12.0. The fourth-order valence-corrected chi connectivity index (χ4v) is 1.91. The molecule has 0 amide bonds. The van der Waals surface area contributed by atoms with Crippen molar-refractivity contribution in [2.24, 2.45) is 0 Å². The van der Waals surface area contributed by atoms with Crippen LogP contribution in [0.4, 0.5) is 5.69 Å². The third-order valence-electron chi connectivity index (χ3n) is 2.30. The highest BCUT2D eigenvalue weighted by atomic mass is 79.9.